The number of fused-ring (bicyclic) bond motifs is 3. The number of hydrogen-bond acceptors (Lipinski definition) is 2. The Morgan fingerprint density at radius 1 is 1.08 bits per heavy atom. The Balaban J connectivity index is 1.78. The molecule has 0 amide bonds. The van der Waals surface area contributed by atoms with Gasteiger partial charge in [0, 0.05) is 18.9 Å². The van der Waals surface area contributed by atoms with Crippen molar-refractivity contribution in [1.82, 2.24) is 14.5 Å². The van der Waals surface area contributed by atoms with Crippen LogP contribution in [0.4, 0.5) is 13.2 Å². The van der Waals surface area contributed by atoms with Gasteiger partial charge in [0.05, 0.1) is 5.56 Å². The number of hydrogen-bond donors (Lipinski definition) is 0. The molecule has 24 heavy (non-hydrogen) atoms. The summed E-state index contributed by atoms with van der Waals surface area (Å²) in [7, 11) is 0. The standard InChI is InChI=1S/C17H13BrF3N3/c18-14-7-6-13-16(23-14)24-9-10(5-8-15(24)22-13)11-3-1-2-4-12(11)17(19,20)21/h1-4,6-7,10H,5,8-9H2. The van der Waals surface area contributed by atoms with Gasteiger partial charge in [0.1, 0.15) is 15.9 Å². The van der Waals surface area contributed by atoms with Crippen LogP contribution in [0.1, 0.15) is 29.3 Å². The van der Waals surface area contributed by atoms with Crippen molar-refractivity contribution in [2.24, 2.45) is 0 Å². The first kappa shape index (κ1) is 15.6. The maximum atomic E-state index is 13.3. The summed E-state index contributed by atoms with van der Waals surface area (Å²) in [5.74, 6) is 0.685. The van der Waals surface area contributed by atoms with E-state index < -0.39 is 11.7 Å². The third kappa shape index (κ3) is 2.60. The molecule has 1 aromatic carbocycles. The van der Waals surface area contributed by atoms with Gasteiger partial charge in [-0.05, 0) is 46.1 Å². The number of halogens is 4. The summed E-state index contributed by atoms with van der Waals surface area (Å²) < 4.78 is 42.6. The number of aryl methyl sites for hydroxylation is 1. The molecule has 0 spiro atoms. The van der Waals surface area contributed by atoms with Crippen LogP contribution in [0.5, 0.6) is 0 Å². The second kappa shape index (κ2) is 5.58. The first-order chi connectivity index (χ1) is 11.4. The third-order valence-corrected chi connectivity index (χ3v) is 4.90. The molecular formula is C17H13BrF3N3. The lowest BCUT2D eigenvalue weighted by Crippen LogP contribution is -2.22. The van der Waals surface area contributed by atoms with E-state index in [-0.39, 0.29) is 5.92 Å². The molecule has 2 aromatic heterocycles. The van der Waals surface area contributed by atoms with Crippen LogP contribution in [0.15, 0.2) is 41.0 Å². The molecule has 0 N–H and O–H groups in total. The lowest BCUT2D eigenvalue weighted by Gasteiger charge is -2.26. The van der Waals surface area contributed by atoms with E-state index in [4.69, 9.17) is 0 Å². The highest BCUT2D eigenvalue weighted by Gasteiger charge is 2.36. The van der Waals surface area contributed by atoms with Crippen molar-refractivity contribution in [3.63, 3.8) is 0 Å². The van der Waals surface area contributed by atoms with Crippen LogP contribution in [-0.2, 0) is 19.1 Å². The summed E-state index contributed by atoms with van der Waals surface area (Å²) in [5.41, 5.74) is 1.30. The number of pyridine rings is 1. The topological polar surface area (TPSA) is 30.7 Å². The van der Waals surface area contributed by atoms with E-state index in [0.29, 0.717) is 35.2 Å². The summed E-state index contributed by atoms with van der Waals surface area (Å²) in [4.78, 5) is 8.99. The maximum Gasteiger partial charge on any atom is 0.416 e. The van der Waals surface area contributed by atoms with Gasteiger partial charge in [0.2, 0.25) is 0 Å². The van der Waals surface area contributed by atoms with Crippen LogP contribution < -0.4 is 0 Å². The Morgan fingerprint density at radius 3 is 2.67 bits per heavy atom. The van der Waals surface area contributed by atoms with Crippen molar-refractivity contribution >= 4 is 27.1 Å². The minimum Gasteiger partial charge on any atom is -0.312 e. The molecule has 4 rings (SSSR count). The van der Waals surface area contributed by atoms with Crippen molar-refractivity contribution in [1.29, 1.82) is 0 Å². The van der Waals surface area contributed by atoms with Crippen LogP contribution in [0.25, 0.3) is 11.2 Å². The van der Waals surface area contributed by atoms with E-state index in [0.717, 1.165) is 17.4 Å². The number of imidazole rings is 1. The fourth-order valence-electron chi connectivity index (χ4n) is 3.39. The summed E-state index contributed by atoms with van der Waals surface area (Å²) in [6.45, 7) is 0.461. The molecule has 1 atom stereocenters. The summed E-state index contributed by atoms with van der Waals surface area (Å²) in [5, 5.41) is 0. The monoisotopic (exact) mass is 395 g/mol. The molecule has 1 aliphatic rings. The van der Waals surface area contributed by atoms with Crippen molar-refractivity contribution in [3.8, 4) is 0 Å². The van der Waals surface area contributed by atoms with E-state index in [9.17, 15) is 13.2 Å². The second-order valence-corrected chi connectivity index (χ2v) is 6.75. The number of alkyl halides is 3. The first-order valence-corrected chi connectivity index (χ1v) is 8.40. The number of aromatic nitrogens is 3. The van der Waals surface area contributed by atoms with Gasteiger partial charge in [-0.1, -0.05) is 18.2 Å². The van der Waals surface area contributed by atoms with E-state index >= 15 is 0 Å². The van der Waals surface area contributed by atoms with Crippen molar-refractivity contribution in [3.05, 3.63) is 58.0 Å². The van der Waals surface area contributed by atoms with Gasteiger partial charge in [-0.3, -0.25) is 0 Å². The Kier molecular flexibility index (Phi) is 3.63. The average Bonchev–Trinajstić information content (AvgIpc) is 2.91. The maximum absolute atomic E-state index is 13.3. The zero-order valence-corrected chi connectivity index (χ0v) is 14.1. The molecule has 1 unspecified atom stereocenters. The fraction of sp³-hybridized carbons (Fsp3) is 0.294. The van der Waals surface area contributed by atoms with Gasteiger partial charge < -0.3 is 4.57 Å². The molecule has 0 aliphatic carbocycles. The highest BCUT2D eigenvalue weighted by Crippen LogP contribution is 2.39. The van der Waals surface area contributed by atoms with E-state index in [1.54, 1.807) is 12.1 Å². The van der Waals surface area contributed by atoms with Crippen LogP contribution in [-0.4, -0.2) is 14.5 Å². The smallest absolute Gasteiger partial charge is 0.312 e. The predicted octanol–water partition coefficient (Wildman–Crippen LogP) is 4.94. The van der Waals surface area contributed by atoms with Crippen LogP contribution in [0, 0.1) is 0 Å². The molecule has 0 saturated carbocycles. The third-order valence-electron chi connectivity index (χ3n) is 4.46. The number of benzene rings is 1. The second-order valence-electron chi connectivity index (χ2n) is 5.94. The highest BCUT2D eigenvalue weighted by atomic mass is 79.9. The molecule has 0 radical (unpaired) electrons. The summed E-state index contributed by atoms with van der Waals surface area (Å²) >= 11 is 3.34. The molecule has 3 nitrogen and oxygen atoms in total. The molecule has 3 aromatic rings. The molecule has 0 bridgehead atoms. The Hall–Kier alpha value is -1.89. The Morgan fingerprint density at radius 2 is 1.88 bits per heavy atom. The van der Waals surface area contributed by atoms with Gasteiger partial charge in [0.15, 0.2) is 5.65 Å². The van der Waals surface area contributed by atoms with Gasteiger partial charge in [-0.2, -0.15) is 13.2 Å². The SMILES string of the molecule is FC(F)(F)c1ccccc1C1CCc2nc3ccc(Br)nc3n2C1. The lowest BCUT2D eigenvalue weighted by atomic mass is 9.88. The Bertz CT molecular complexity index is 917. The molecule has 3 heterocycles. The average molecular weight is 396 g/mol. The van der Waals surface area contributed by atoms with Crippen LogP contribution in [0.2, 0.25) is 0 Å². The highest BCUT2D eigenvalue weighted by molar-refractivity contribution is 9.10. The van der Waals surface area contributed by atoms with Gasteiger partial charge >= 0.3 is 6.18 Å². The zero-order valence-electron chi connectivity index (χ0n) is 12.5. The quantitative estimate of drug-likeness (QED) is 0.546. The minimum absolute atomic E-state index is 0.200. The molecule has 1 aliphatic heterocycles. The molecule has 7 heteroatoms. The molecular weight excluding hydrogens is 383 g/mol. The number of rotatable bonds is 1. The molecule has 0 fully saturated rings. The first-order valence-electron chi connectivity index (χ1n) is 7.61. The van der Waals surface area contributed by atoms with E-state index in [1.807, 2.05) is 16.7 Å². The Labute approximate surface area is 144 Å². The zero-order chi connectivity index (χ0) is 16.9. The predicted molar refractivity (Wildman–Crippen MR) is 87.7 cm³/mol. The normalized spacial score (nSPS) is 17.9. The van der Waals surface area contributed by atoms with Gasteiger partial charge in [-0.25, -0.2) is 9.97 Å². The summed E-state index contributed by atoms with van der Waals surface area (Å²) in [6.07, 6.45) is -3.04. The van der Waals surface area contributed by atoms with E-state index in [2.05, 4.69) is 25.9 Å². The minimum atomic E-state index is -4.34. The fourth-order valence-corrected chi connectivity index (χ4v) is 3.69. The van der Waals surface area contributed by atoms with Crippen LogP contribution in [0.3, 0.4) is 0 Å². The van der Waals surface area contributed by atoms with Gasteiger partial charge in [-0.15, -0.1) is 0 Å². The lowest BCUT2D eigenvalue weighted by molar-refractivity contribution is -0.138. The molecule has 0 saturated heterocycles. The van der Waals surface area contributed by atoms with Crippen molar-refractivity contribution < 1.29 is 13.2 Å². The van der Waals surface area contributed by atoms with Crippen molar-refractivity contribution in [2.45, 2.75) is 31.5 Å². The molecule has 124 valence electrons. The van der Waals surface area contributed by atoms with Crippen LogP contribution >= 0.6 is 15.9 Å². The van der Waals surface area contributed by atoms with E-state index in [1.165, 1.54) is 6.07 Å². The van der Waals surface area contributed by atoms with Crippen molar-refractivity contribution in [2.75, 3.05) is 0 Å². The summed E-state index contributed by atoms with van der Waals surface area (Å²) in [6, 6.07) is 9.54. The number of nitrogens with zero attached hydrogens (tertiary/aromatic N) is 3. The largest absolute Gasteiger partial charge is 0.416 e. The van der Waals surface area contributed by atoms with Gasteiger partial charge in [0.25, 0.3) is 0 Å².